The standard InChI is InChI=1S/C24H33N3O6S2/c1-4-5-18-33-20-14-16-27(17-15-20)35(31,32)21-12-10-19(11-13-21)25-24(28)22-8-6-7-9-23(22)26(2)34(3,29)30/h6-13,20H,4-5,14-18H2,1-3H3,(H,25,28). The predicted octanol–water partition coefficient (Wildman–Crippen LogP) is 3.30. The molecular weight excluding hydrogens is 490 g/mol. The topological polar surface area (TPSA) is 113 Å². The first-order valence-electron chi connectivity index (χ1n) is 11.6. The molecular formula is C24H33N3O6S2. The van der Waals surface area contributed by atoms with E-state index in [1.807, 2.05) is 0 Å². The molecule has 1 aliphatic rings. The van der Waals surface area contributed by atoms with Crippen LogP contribution in [0.1, 0.15) is 43.0 Å². The van der Waals surface area contributed by atoms with Crippen molar-refractivity contribution in [1.29, 1.82) is 0 Å². The number of piperidine rings is 1. The summed E-state index contributed by atoms with van der Waals surface area (Å²) in [5.74, 6) is -0.503. The Morgan fingerprint density at radius 3 is 2.29 bits per heavy atom. The molecule has 0 aromatic heterocycles. The molecule has 2 aromatic carbocycles. The normalized spacial score (nSPS) is 15.6. The van der Waals surface area contributed by atoms with Crippen LogP contribution in [0, 0.1) is 0 Å². The van der Waals surface area contributed by atoms with Gasteiger partial charge in [-0.25, -0.2) is 16.8 Å². The van der Waals surface area contributed by atoms with Crippen LogP contribution in [0.25, 0.3) is 0 Å². The van der Waals surface area contributed by atoms with E-state index in [4.69, 9.17) is 4.74 Å². The van der Waals surface area contributed by atoms with Crippen LogP contribution < -0.4 is 9.62 Å². The molecule has 11 heteroatoms. The number of sulfonamides is 2. The van der Waals surface area contributed by atoms with E-state index in [2.05, 4.69) is 12.2 Å². The number of carbonyl (C=O) groups excluding carboxylic acids is 1. The van der Waals surface area contributed by atoms with Crippen LogP contribution in [0.2, 0.25) is 0 Å². The third-order valence-corrected chi connectivity index (χ3v) is 9.09. The lowest BCUT2D eigenvalue weighted by atomic mass is 10.1. The minimum Gasteiger partial charge on any atom is -0.378 e. The summed E-state index contributed by atoms with van der Waals surface area (Å²) >= 11 is 0. The van der Waals surface area contributed by atoms with Gasteiger partial charge in [0.2, 0.25) is 20.0 Å². The zero-order chi connectivity index (χ0) is 25.6. The SMILES string of the molecule is CCCCOC1CCN(S(=O)(=O)c2ccc(NC(=O)c3ccccc3N(C)S(C)(=O)=O)cc2)CC1. The Bertz CT molecular complexity index is 1220. The van der Waals surface area contributed by atoms with Gasteiger partial charge in [0.05, 0.1) is 28.5 Å². The Labute approximate surface area is 208 Å². The molecule has 0 saturated carbocycles. The number of hydrogen-bond acceptors (Lipinski definition) is 6. The van der Waals surface area contributed by atoms with Crippen LogP contribution in [0.15, 0.2) is 53.4 Å². The van der Waals surface area contributed by atoms with Crippen LogP contribution in [0.3, 0.4) is 0 Å². The van der Waals surface area contributed by atoms with Crippen molar-refractivity contribution in [1.82, 2.24) is 4.31 Å². The van der Waals surface area contributed by atoms with Crippen molar-refractivity contribution in [3.63, 3.8) is 0 Å². The molecule has 1 N–H and O–H groups in total. The van der Waals surface area contributed by atoms with E-state index in [0.29, 0.717) is 38.2 Å². The van der Waals surface area contributed by atoms with Crippen molar-refractivity contribution in [3.05, 3.63) is 54.1 Å². The summed E-state index contributed by atoms with van der Waals surface area (Å²) in [6.07, 6.45) is 4.55. The number of carbonyl (C=O) groups is 1. The van der Waals surface area contributed by atoms with Crippen molar-refractivity contribution >= 4 is 37.3 Å². The van der Waals surface area contributed by atoms with Gasteiger partial charge in [-0.3, -0.25) is 9.10 Å². The molecule has 1 aliphatic heterocycles. The highest BCUT2D eigenvalue weighted by atomic mass is 32.2. The smallest absolute Gasteiger partial charge is 0.257 e. The fourth-order valence-corrected chi connectivity index (χ4v) is 5.80. The molecule has 1 saturated heterocycles. The highest BCUT2D eigenvalue weighted by Gasteiger charge is 2.29. The third kappa shape index (κ3) is 6.81. The van der Waals surface area contributed by atoms with Crippen LogP contribution in [-0.4, -0.2) is 66.2 Å². The predicted molar refractivity (Wildman–Crippen MR) is 137 cm³/mol. The van der Waals surface area contributed by atoms with E-state index < -0.39 is 26.0 Å². The summed E-state index contributed by atoms with van der Waals surface area (Å²) < 4.78 is 58.3. The number of ether oxygens (including phenoxy) is 1. The summed E-state index contributed by atoms with van der Waals surface area (Å²) in [7, 11) is -5.83. The second kappa shape index (κ2) is 11.5. The minimum atomic E-state index is -3.65. The first kappa shape index (κ1) is 27.1. The maximum absolute atomic E-state index is 13.1. The molecule has 2 aromatic rings. The number of nitrogens with zero attached hydrogens (tertiary/aromatic N) is 2. The number of anilines is 2. The third-order valence-electron chi connectivity index (χ3n) is 5.99. The molecule has 1 fully saturated rings. The van der Waals surface area contributed by atoms with Gasteiger partial charge in [-0.15, -0.1) is 0 Å². The number of benzene rings is 2. The first-order valence-corrected chi connectivity index (χ1v) is 14.9. The zero-order valence-electron chi connectivity index (χ0n) is 20.3. The minimum absolute atomic E-state index is 0.0928. The van der Waals surface area contributed by atoms with Crippen LogP contribution in [0.4, 0.5) is 11.4 Å². The van der Waals surface area contributed by atoms with Gasteiger partial charge in [-0.2, -0.15) is 4.31 Å². The molecule has 35 heavy (non-hydrogen) atoms. The number of unbranched alkanes of at least 4 members (excludes halogenated alkanes) is 1. The summed E-state index contributed by atoms with van der Waals surface area (Å²) in [6, 6.07) is 12.3. The lowest BCUT2D eigenvalue weighted by Crippen LogP contribution is -2.40. The molecule has 3 rings (SSSR count). The van der Waals surface area contributed by atoms with Crippen molar-refractivity contribution in [2.45, 2.75) is 43.6 Å². The van der Waals surface area contributed by atoms with Gasteiger partial charge < -0.3 is 10.1 Å². The summed E-state index contributed by atoms with van der Waals surface area (Å²) in [4.78, 5) is 13.0. The summed E-state index contributed by atoms with van der Waals surface area (Å²) in [6.45, 7) is 3.62. The monoisotopic (exact) mass is 523 g/mol. The number of amides is 1. The quantitative estimate of drug-likeness (QED) is 0.478. The molecule has 0 atom stereocenters. The van der Waals surface area contributed by atoms with Gasteiger partial charge in [-0.05, 0) is 55.7 Å². The number of para-hydroxylation sites is 1. The van der Waals surface area contributed by atoms with Crippen molar-refractivity contribution in [2.24, 2.45) is 0 Å². The van der Waals surface area contributed by atoms with Crippen LogP contribution in [0.5, 0.6) is 0 Å². The molecule has 9 nitrogen and oxygen atoms in total. The van der Waals surface area contributed by atoms with Crippen molar-refractivity contribution < 1.29 is 26.4 Å². The lowest BCUT2D eigenvalue weighted by molar-refractivity contribution is 0.0198. The number of hydrogen-bond donors (Lipinski definition) is 1. The van der Waals surface area contributed by atoms with Crippen molar-refractivity contribution in [2.75, 3.05) is 42.6 Å². The van der Waals surface area contributed by atoms with Gasteiger partial charge in [-0.1, -0.05) is 25.5 Å². The van der Waals surface area contributed by atoms with E-state index in [-0.39, 0.29) is 22.3 Å². The van der Waals surface area contributed by atoms with Gasteiger partial charge in [0.15, 0.2) is 0 Å². The van der Waals surface area contributed by atoms with E-state index in [0.717, 1.165) is 23.4 Å². The Balaban J connectivity index is 1.66. The average molecular weight is 524 g/mol. The van der Waals surface area contributed by atoms with Gasteiger partial charge in [0.1, 0.15) is 0 Å². The summed E-state index contributed by atoms with van der Waals surface area (Å²) in [5.41, 5.74) is 0.823. The van der Waals surface area contributed by atoms with E-state index >= 15 is 0 Å². The van der Waals surface area contributed by atoms with Crippen LogP contribution >= 0.6 is 0 Å². The van der Waals surface area contributed by atoms with Gasteiger partial charge >= 0.3 is 0 Å². The molecule has 0 radical (unpaired) electrons. The van der Waals surface area contributed by atoms with E-state index in [1.165, 1.54) is 41.7 Å². The maximum Gasteiger partial charge on any atom is 0.257 e. The van der Waals surface area contributed by atoms with Gasteiger partial charge in [0, 0.05) is 32.4 Å². The molecule has 1 amide bonds. The fraction of sp³-hybridized carbons (Fsp3) is 0.458. The highest BCUT2D eigenvalue weighted by Crippen LogP contribution is 2.25. The Morgan fingerprint density at radius 1 is 1.06 bits per heavy atom. The van der Waals surface area contributed by atoms with E-state index in [1.54, 1.807) is 18.2 Å². The number of rotatable bonds is 10. The Hall–Kier alpha value is -2.47. The highest BCUT2D eigenvalue weighted by molar-refractivity contribution is 7.92. The van der Waals surface area contributed by atoms with Gasteiger partial charge in [0.25, 0.3) is 5.91 Å². The number of nitrogens with one attached hydrogen (secondary N) is 1. The Kier molecular flexibility index (Phi) is 8.92. The second-order valence-corrected chi connectivity index (χ2v) is 12.5. The molecule has 0 aliphatic carbocycles. The average Bonchev–Trinajstić information content (AvgIpc) is 2.84. The van der Waals surface area contributed by atoms with Crippen LogP contribution in [-0.2, 0) is 24.8 Å². The largest absolute Gasteiger partial charge is 0.378 e. The van der Waals surface area contributed by atoms with Crippen molar-refractivity contribution in [3.8, 4) is 0 Å². The molecule has 0 unspecified atom stereocenters. The lowest BCUT2D eigenvalue weighted by Gasteiger charge is -2.31. The maximum atomic E-state index is 13.1. The second-order valence-electron chi connectivity index (χ2n) is 8.55. The first-order chi connectivity index (χ1) is 16.5. The Morgan fingerprint density at radius 2 is 1.69 bits per heavy atom. The molecule has 0 bridgehead atoms. The van der Waals surface area contributed by atoms with E-state index in [9.17, 15) is 21.6 Å². The molecule has 0 spiro atoms. The zero-order valence-corrected chi connectivity index (χ0v) is 21.9. The summed E-state index contributed by atoms with van der Waals surface area (Å²) in [5, 5.41) is 2.71. The molecule has 192 valence electrons. The molecule has 1 heterocycles. The fourth-order valence-electron chi connectivity index (χ4n) is 3.81.